The Balaban J connectivity index is 1.29. The molecule has 0 N–H and O–H groups in total. The van der Waals surface area contributed by atoms with E-state index in [1.165, 1.54) is 77.0 Å². The van der Waals surface area contributed by atoms with Crippen LogP contribution in [0.5, 0.6) is 0 Å². The van der Waals surface area contributed by atoms with Gasteiger partial charge in [-0.2, -0.15) is 0 Å². The number of carbonyl (C=O) groups excluding carboxylic acids is 3. The molecular formula is C43H73NO7. The van der Waals surface area contributed by atoms with Crippen LogP contribution in [0.1, 0.15) is 149 Å². The molecule has 4 aliphatic rings. The Kier molecular flexibility index (Phi) is 22.3. The Labute approximate surface area is 310 Å². The minimum Gasteiger partial charge on any atom is -0.465 e. The number of rotatable bonds is 29. The molecule has 1 atom stereocenters. The number of carbonyl (C=O) groups is 3. The Morgan fingerprint density at radius 3 is 1.82 bits per heavy atom. The van der Waals surface area contributed by atoms with Gasteiger partial charge in [-0.15, -0.1) is 0 Å². The van der Waals surface area contributed by atoms with E-state index in [9.17, 15) is 14.4 Å². The molecule has 51 heavy (non-hydrogen) atoms. The number of hydrogen-bond donors (Lipinski definition) is 0. The average molecular weight is 716 g/mol. The van der Waals surface area contributed by atoms with E-state index in [2.05, 4.69) is 50.0 Å². The van der Waals surface area contributed by atoms with E-state index in [-0.39, 0.29) is 38.4 Å². The van der Waals surface area contributed by atoms with Crippen LogP contribution in [0, 0.1) is 35.5 Å². The zero-order chi connectivity index (χ0) is 36.5. The molecule has 0 spiro atoms. The van der Waals surface area contributed by atoms with Gasteiger partial charge in [-0.25, -0.2) is 4.79 Å². The summed E-state index contributed by atoms with van der Waals surface area (Å²) in [6.45, 7) is 9.58. The molecular weight excluding hydrogens is 642 g/mol. The number of unbranched alkanes of at least 4 members (excludes halogenated alkanes) is 9. The summed E-state index contributed by atoms with van der Waals surface area (Å²) in [5.41, 5.74) is 0. The smallest absolute Gasteiger partial charge is 0.465 e. The molecule has 8 nitrogen and oxygen atoms in total. The molecule has 0 radical (unpaired) electrons. The third kappa shape index (κ3) is 18.3. The summed E-state index contributed by atoms with van der Waals surface area (Å²) in [7, 11) is 0. The van der Waals surface area contributed by atoms with Gasteiger partial charge >= 0.3 is 18.1 Å². The molecule has 4 rings (SSSR count). The summed E-state index contributed by atoms with van der Waals surface area (Å²) < 4.78 is 22.0. The predicted molar refractivity (Wildman–Crippen MR) is 204 cm³/mol. The molecule has 0 amide bonds. The van der Waals surface area contributed by atoms with E-state index in [0.717, 1.165) is 70.0 Å². The molecule has 4 fully saturated rings. The normalized spacial score (nSPS) is 22.9. The van der Waals surface area contributed by atoms with Crippen LogP contribution >= 0.6 is 0 Å². The van der Waals surface area contributed by atoms with Gasteiger partial charge in [0.2, 0.25) is 0 Å². The molecule has 1 unspecified atom stereocenters. The standard InChI is InChI=1S/C43H73NO7/c1-4-7-8-9-10-11-12-13-14-15-16-17-18-19-20-21-23-41(45)49-32-37(34-51-43(47)48-25-22-24-44(5-2)6-3)33-50-42(46)31-40-38-27-35-26-36(29-38)30-39(40)28-35/h10-11,13-14,35-40H,4-9,12,15-34H2,1-3H3/b11-10-,14-13-. The Morgan fingerprint density at radius 1 is 0.627 bits per heavy atom. The Hall–Kier alpha value is -2.35. The van der Waals surface area contributed by atoms with Crippen LogP contribution in [0.2, 0.25) is 0 Å². The van der Waals surface area contributed by atoms with E-state index in [4.69, 9.17) is 18.9 Å². The SMILES string of the molecule is CCCCC/C=C\C/C=C\CCCCCCCCC(=O)OCC(COC(=O)CC1C2CC3CC(C2)CC1C3)COC(=O)OCCCN(CC)CC. The zero-order valence-electron chi connectivity index (χ0n) is 32.7. The molecule has 0 aromatic heterocycles. The highest BCUT2D eigenvalue weighted by molar-refractivity contribution is 5.70. The first-order chi connectivity index (χ1) is 24.9. The maximum Gasteiger partial charge on any atom is 0.508 e. The summed E-state index contributed by atoms with van der Waals surface area (Å²) >= 11 is 0. The average Bonchev–Trinajstić information content (AvgIpc) is 3.12. The van der Waals surface area contributed by atoms with Crippen molar-refractivity contribution < 1.29 is 33.3 Å². The third-order valence-corrected chi connectivity index (χ3v) is 11.5. The van der Waals surface area contributed by atoms with Gasteiger partial charge in [-0.3, -0.25) is 9.59 Å². The van der Waals surface area contributed by atoms with Crippen molar-refractivity contribution in [1.82, 2.24) is 4.90 Å². The van der Waals surface area contributed by atoms with Crippen molar-refractivity contribution in [2.45, 2.75) is 149 Å². The topological polar surface area (TPSA) is 91.4 Å². The van der Waals surface area contributed by atoms with Gasteiger partial charge in [0.15, 0.2) is 0 Å². The lowest BCUT2D eigenvalue weighted by molar-refractivity contribution is -0.153. The number of nitrogens with zero attached hydrogens (tertiary/aromatic N) is 1. The quantitative estimate of drug-likeness (QED) is 0.0327. The zero-order valence-corrected chi connectivity index (χ0v) is 32.7. The minimum absolute atomic E-state index is 0.0294. The van der Waals surface area contributed by atoms with Gasteiger partial charge < -0.3 is 23.8 Å². The van der Waals surface area contributed by atoms with E-state index in [1.807, 2.05) is 0 Å². The van der Waals surface area contributed by atoms with Crippen molar-refractivity contribution >= 4 is 18.1 Å². The fourth-order valence-electron chi connectivity index (χ4n) is 8.73. The molecule has 0 aromatic rings. The fourth-order valence-corrected chi connectivity index (χ4v) is 8.73. The van der Waals surface area contributed by atoms with Crippen molar-refractivity contribution in [2.75, 3.05) is 46.1 Å². The first-order valence-electron chi connectivity index (χ1n) is 21.0. The van der Waals surface area contributed by atoms with E-state index in [0.29, 0.717) is 30.6 Å². The molecule has 8 heteroatoms. The molecule has 0 saturated heterocycles. The Morgan fingerprint density at radius 2 is 1.20 bits per heavy atom. The van der Waals surface area contributed by atoms with Gasteiger partial charge in [-0.05, 0) is 120 Å². The maximum atomic E-state index is 13.0. The van der Waals surface area contributed by atoms with Crippen LogP contribution in [-0.2, 0) is 28.5 Å². The minimum atomic E-state index is -0.743. The van der Waals surface area contributed by atoms with Crippen LogP contribution in [0.25, 0.3) is 0 Å². The maximum absolute atomic E-state index is 13.0. The molecule has 4 bridgehead atoms. The van der Waals surface area contributed by atoms with Gasteiger partial charge in [-0.1, -0.05) is 83.6 Å². The van der Waals surface area contributed by atoms with Gasteiger partial charge in [0.05, 0.1) is 12.5 Å². The van der Waals surface area contributed by atoms with Gasteiger partial charge in [0.1, 0.15) is 19.8 Å². The highest BCUT2D eigenvalue weighted by Gasteiger charge is 2.48. The lowest BCUT2D eigenvalue weighted by atomic mass is 9.51. The summed E-state index contributed by atoms with van der Waals surface area (Å²) in [5, 5.41) is 0. The second kappa shape index (κ2) is 26.4. The summed E-state index contributed by atoms with van der Waals surface area (Å²) in [6, 6.07) is 0. The molecule has 4 aliphatic carbocycles. The monoisotopic (exact) mass is 716 g/mol. The van der Waals surface area contributed by atoms with Crippen molar-refractivity contribution in [3.8, 4) is 0 Å². The lowest BCUT2D eigenvalue weighted by Crippen LogP contribution is -2.45. The number of ether oxygens (including phenoxy) is 4. The van der Waals surface area contributed by atoms with Gasteiger partial charge in [0, 0.05) is 19.4 Å². The number of hydrogen-bond acceptors (Lipinski definition) is 8. The van der Waals surface area contributed by atoms with Crippen LogP contribution in [0.4, 0.5) is 4.79 Å². The van der Waals surface area contributed by atoms with Gasteiger partial charge in [0.25, 0.3) is 0 Å². The number of allylic oxidation sites excluding steroid dienone is 4. The van der Waals surface area contributed by atoms with E-state index >= 15 is 0 Å². The molecule has 4 saturated carbocycles. The van der Waals surface area contributed by atoms with Crippen LogP contribution < -0.4 is 0 Å². The fraction of sp³-hybridized carbons (Fsp3) is 0.837. The molecule has 0 aromatic carbocycles. The van der Waals surface area contributed by atoms with Crippen molar-refractivity contribution in [2.24, 2.45) is 35.5 Å². The molecule has 0 aliphatic heterocycles. The summed E-state index contributed by atoms with van der Waals surface area (Å²) in [4.78, 5) is 40.2. The highest BCUT2D eigenvalue weighted by Crippen LogP contribution is 2.57. The first-order valence-corrected chi connectivity index (χ1v) is 21.0. The second-order valence-electron chi connectivity index (χ2n) is 15.7. The largest absolute Gasteiger partial charge is 0.508 e. The second-order valence-corrected chi connectivity index (χ2v) is 15.7. The summed E-state index contributed by atoms with van der Waals surface area (Å²) in [6.07, 6.45) is 30.2. The van der Waals surface area contributed by atoms with Crippen molar-refractivity contribution in [3.63, 3.8) is 0 Å². The molecule has 292 valence electrons. The molecule has 0 heterocycles. The van der Waals surface area contributed by atoms with Crippen molar-refractivity contribution in [1.29, 1.82) is 0 Å². The first kappa shape index (κ1) is 43.1. The van der Waals surface area contributed by atoms with Crippen LogP contribution in [0.15, 0.2) is 24.3 Å². The van der Waals surface area contributed by atoms with Crippen LogP contribution in [0.3, 0.4) is 0 Å². The third-order valence-electron chi connectivity index (χ3n) is 11.5. The highest BCUT2D eigenvalue weighted by atomic mass is 16.7. The lowest BCUT2D eigenvalue weighted by Gasteiger charge is -2.54. The summed E-state index contributed by atoms with van der Waals surface area (Å²) in [5.74, 6) is 2.59. The number of esters is 2. The van der Waals surface area contributed by atoms with E-state index < -0.39 is 12.1 Å². The van der Waals surface area contributed by atoms with Crippen LogP contribution in [-0.4, -0.2) is 69.1 Å². The Bertz CT molecular complexity index is 994. The van der Waals surface area contributed by atoms with Crippen molar-refractivity contribution in [3.05, 3.63) is 24.3 Å². The van der Waals surface area contributed by atoms with E-state index in [1.54, 1.807) is 0 Å². The predicted octanol–water partition coefficient (Wildman–Crippen LogP) is 10.2.